The number of hydrogen-bond acceptors (Lipinski definition) is 4. The van der Waals surface area contributed by atoms with Crippen molar-refractivity contribution >= 4 is 36.0 Å². The average Bonchev–Trinajstić information content (AvgIpc) is 3.02. The number of halogens is 4. The van der Waals surface area contributed by atoms with Gasteiger partial charge in [0.15, 0.2) is 11.7 Å². The minimum Gasteiger partial charge on any atom is -0.444 e. The van der Waals surface area contributed by atoms with Crippen molar-refractivity contribution < 1.29 is 22.7 Å². The van der Waals surface area contributed by atoms with Crippen LogP contribution in [0, 0.1) is 0 Å². The molecule has 0 aromatic carbocycles. The van der Waals surface area contributed by atoms with Crippen LogP contribution in [0.2, 0.25) is 0 Å². The highest BCUT2D eigenvalue weighted by Gasteiger charge is 2.37. The number of amides is 1. The van der Waals surface area contributed by atoms with Gasteiger partial charge in [0.05, 0.1) is 12.1 Å². The predicted molar refractivity (Wildman–Crippen MR) is 129 cm³/mol. The fraction of sp³-hybridized carbons (Fsp3) is 0.750. The van der Waals surface area contributed by atoms with Crippen LogP contribution in [-0.2, 0) is 24.5 Å². The van der Waals surface area contributed by atoms with E-state index in [1.165, 1.54) is 13.2 Å². The first-order valence-corrected chi connectivity index (χ1v) is 10.4. The molecule has 0 aliphatic heterocycles. The summed E-state index contributed by atoms with van der Waals surface area (Å²) in [5, 5.41) is 12.6. The smallest absolute Gasteiger partial charge is 0.435 e. The van der Waals surface area contributed by atoms with Crippen molar-refractivity contribution in [3.63, 3.8) is 0 Å². The van der Waals surface area contributed by atoms with Crippen LogP contribution in [0.1, 0.15) is 65.6 Å². The number of nitrogens with one attached hydrogen (secondary N) is 3. The number of aromatic nitrogens is 2. The van der Waals surface area contributed by atoms with Crippen LogP contribution in [0.25, 0.3) is 0 Å². The second-order valence-corrected chi connectivity index (χ2v) is 8.34. The highest BCUT2D eigenvalue weighted by atomic mass is 127. The fourth-order valence-electron chi connectivity index (χ4n) is 2.89. The molecule has 1 heterocycles. The van der Waals surface area contributed by atoms with Gasteiger partial charge in [0.25, 0.3) is 0 Å². The van der Waals surface area contributed by atoms with E-state index in [4.69, 9.17) is 4.74 Å². The third-order valence-corrected chi connectivity index (χ3v) is 4.64. The molecule has 1 rings (SSSR count). The van der Waals surface area contributed by atoms with E-state index < -0.39 is 29.1 Å². The van der Waals surface area contributed by atoms with Gasteiger partial charge in [-0.05, 0) is 40.5 Å². The van der Waals surface area contributed by atoms with Gasteiger partial charge in [-0.1, -0.05) is 13.8 Å². The zero-order valence-corrected chi connectivity index (χ0v) is 22.1. The van der Waals surface area contributed by atoms with Gasteiger partial charge in [0.1, 0.15) is 5.60 Å². The summed E-state index contributed by atoms with van der Waals surface area (Å²) in [5.74, 6) is 0.344. The van der Waals surface area contributed by atoms with Crippen LogP contribution in [0.15, 0.2) is 11.2 Å². The molecule has 0 saturated carbocycles. The predicted octanol–water partition coefficient (Wildman–Crippen LogP) is 4.20. The number of carbonyl (C=O) groups excluding carboxylic acids is 1. The van der Waals surface area contributed by atoms with Gasteiger partial charge >= 0.3 is 12.3 Å². The number of hydrogen-bond donors (Lipinski definition) is 3. The maximum atomic E-state index is 13.2. The molecule has 0 bridgehead atoms. The Morgan fingerprint density at radius 2 is 1.75 bits per heavy atom. The van der Waals surface area contributed by atoms with E-state index in [0.29, 0.717) is 31.9 Å². The molecule has 12 heteroatoms. The van der Waals surface area contributed by atoms with Gasteiger partial charge in [-0.3, -0.25) is 4.68 Å². The third-order valence-electron chi connectivity index (χ3n) is 4.64. The van der Waals surface area contributed by atoms with E-state index in [0.717, 1.165) is 4.68 Å². The van der Waals surface area contributed by atoms with Gasteiger partial charge in [-0.15, -0.1) is 24.0 Å². The molecule has 0 aliphatic carbocycles. The molecule has 0 radical (unpaired) electrons. The molecule has 0 saturated heterocycles. The summed E-state index contributed by atoms with van der Waals surface area (Å²) in [5.41, 5.74) is -2.20. The molecule has 0 unspecified atom stereocenters. The largest absolute Gasteiger partial charge is 0.444 e. The lowest BCUT2D eigenvalue weighted by atomic mass is 9.93. The molecule has 186 valence electrons. The number of ether oxygens (including phenoxy) is 1. The summed E-state index contributed by atoms with van der Waals surface area (Å²) in [4.78, 5) is 16.6. The molecule has 0 fully saturated rings. The van der Waals surface area contributed by atoms with Crippen molar-refractivity contribution in [2.45, 2.75) is 78.2 Å². The molecule has 0 spiro atoms. The second-order valence-electron chi connectivity index (χ2n) is 8.34. The molecular formula is C20H36F3IN6O2. The van der Waals surface area contributed by atoms with E-state index in [2.05, 4.69) is 26.0 Å². The molecule has 3 N–H and O–H groups in total. The van der Waals surface area contributed by atoms with Crippen molar-refractivity contribution in [2.24, 2.45) is 12.0 Å². The summed E-state index contributed by atoms with van der Waals surface area (Å²) in [6, 6.07) is 0. The fourth-order valence-corrected chi connectivity index (χ4v) is 2.89. The summed E-state index contributed by atoms with van der Waals surface area (Å²) in [6.07, 6.45) is -2.52. The number of guanidine groups is 1. The van der Waals surface area contributed by atoms with Gasteiger partial charge in [-0.25, -0.2) is 9.79 Å². The standard InChI is InChI=1S/C20H35F3N6O2.HI/c1-8-19(9-2,27-17(30)31-18(4,5)6)13-26-16(24-10-3)25-11-14-12-29(7)28-15(14)20(21,22)23;/h12H,8-11,13H2,1-7H3,(H,27,30)(H2,24,25,26);1H. The van der Waals surface area contributed by atoms with Crippen LogP contribution >= 0.6 is 24.0 Å². The lowest BCUT2D eigenvalue weighted by Gasteiger charge is -2.34. The molecule has 0 atom stereocenters. The minimum absolute atomic E-state index is 0. The van der Waals surface area contributed by atoms with E-state index in [-0.39, 0.29) is 36.1 Å². The third kappa shape index (κ3) is 9.82. The quantitative estimate of drug-likeness (QED) is 0.245. The van der Waals surface area contributed by atoms with Crippen molar-refractivity contribution in [1.29, 1.82) is 0 Å². The van der Waals surface area contributed by atoms with Crippen LogP contribution in [0.3, 0.4) is 0 Å². The van der Waals surface area contributed by atoms with Crippen LogP contribution in [-0.4, -0.2) is 46.1 Å². The first kappa shape index (κ1) is 30.3. The van der Waals surface area contributed by atoms with Crippen molar-refractivity contribution in [3.05, 3.63) is 17.5 Å². The summed E-state index contributed by atoms with van der Waals surface area (Å²) in [7, 11) is 1.44. The molecule has 8 nitrogen and oxygen atoms in total. The Balaban J connectivity index is 0.00000961. The minimum atomic E-state index is -4.55. The van der Waals surface area contributed by atoms with Crippen molar-refractivity contribution in [3.8, 4) is 0 Å². The molecule has 1 aromatic rings. The van der Waals surface area contributed by atoms with E-state index in [1.807, 2.05) is 20.8 Å². The van der Waals surface area contributed by atoms with Crippen LogP contribution in [0.4, 0.5) is 18.0 Å². The van der Waals surface area contributed by atoms with E-state index >= 15 is 0 Å². The van der Waals surface area contributed by atoms with E-state index in [9.17, 15) is 18.0 Å². The Labute approximate surface area is 205 Å². The summed E-state index contributed by atoms with van der Waals surface area (Å²) in [6.45, 7) is 11.8. The maximum absolute atomic E-state index is 13.2. The van der Waals surface area contributed by atoms with E-state index in [1.54, 1.807) is 20.8 Å². The highest BCUT2D eigenvalue weighted by Crippen LogP contribution is 2.30. The number of aliphatic imine (C=N–C) groups is 1. The Morgan fingerprint density at radius 1 is 1.16 bits per heavy atom. The first-order chi connectivity index (χ1) is 14.2. The molecule has 1 amide bonds. The molecule has 32 heavy (non-hydrogen) atoms. The number of nitrogens with zero attached hydrogens (tertiary/aromatic N) is 3. The average molecular weight is 576 g/mol. The Bertz CT molecular complexity index is 755. The van der Waals surface area contributed by atoms with Gasteiger partial charge in [-0.2, -0.15) is 18.3 Å². The van der Waals surface area contributed by atoms with Crippen LogP contribution < -0.4 is 16.0 Å². The van der Waals surface area contributed by atoms with Crippen LogP contribution in [0.5, 0.6) is 0 Å². The van der Waals surface area contributed by atoms with Gasteiger partial charge in [0, 0.05) is 31.9 Å². The normalized spacial score (nSPS) is 12.8. The number of alkyl carbamates (subject to hydrolysis) is 1. The summed E-state index contributed by atoms with van der Waals surface area (Å²) < 4.78 is 46.0. The number of alkyl halides is 3. The lowest BCUT2D eigenvalue weighted by Crippen LogP contribution is -2.57. The topological polar surface area (TPSA) is 92.6 Å². The second kappa shape index (κ2) is 12.5. The zero-order valence-electron chi connectivity index (χ0n) is 19.8. The number of rotatable bonds is 8. The van der Waals surface area contributed by atoms with Crippen molar-refractivity contribution in [1.82, 2.24) is 25.7 Å². The first-order valence-electron chi connectivity index (χ1n) is 10.4. The van der Waals surface area contributed by atoms with Gasteiger partial charge < -0.3 is 20.7 Å². The van der Waals surface area contributed by atoms with Crippen molar-refractivity contribution in [2.75, 3.05) is 13.1 Å². The Morgan fingerprint density at radius 3 is 2.22 bits per heavy atom. The molecular weight excluding hydrogens is 540 g/mol. The highest BCUT2D eigenvalue weighted by molar-refractivity contribution is 14.0. The lowest BCUT2D eigenvalue weighted by molar-refractivity contribution is -0.142. The molecule has 1 aromatic heterocycles. The zero-order chi connectivity index (χ0) is 23.9. The summed E-state index contributed by atoms with van der Waals surface area (Å²) >= 11 is 0. The molecule has 0 aliphatic rings. The Hall–Kier alpha value is -1.73. The maximum Gasteiger partial charge on any atom is 0.435 e. The van der Waals surface area contributed by atoms with Gasteiger partial charge in [0.2, 0.25) is 0 Å². The monoisotopic (exact) mass is 576 g/mol. The number of carbonyl (C=O) groups is 1. The Kier molecular flexibility index (Phi) is 11.8. The number of aryl methyl sites for hydroxylation is 1. The SMILES string of the molecule is CCNC(=NCc1cn(C)nc1C(F)(F)F)NCC(CC)(CC)NC(=O)OC(C)(C)C.I.